The van der Waals surface area contributed by atoms with Crippen molar-refractivity contribution in [2.24, 2.45) is 0 Å². The number of esters is 3. The van der Waals surface area contributed by atoms with Gasteiger partial charge < -0.3 is 14.2 Å². The number of hydrogen-bond acceptors (Lipinski definition) is 6. The Bertz CT molecular complexity index is 1400. The zero-order valence-corrected chi connectivity index (χ0v) is 39.3. The maximum atomic E-state index is 12.8. The molecule has 0 aromatic heterocycles. The molecule has 0 aliphatic rings. The fourth-order valence-corrected chi connectivity index (χ4v) is 5.92. The molecule has 1 atom stereocenters. The summed E-state index contributed by atoms with van der Waals surface area (Å²) in [5.41, 5.74) is 0. The lowest BCUT2D eigenvalue weighted by Gasteiger charge is -2.18. The lowest BCUT2D eigenvalue weighted by molar-refractivity contribution is -0.166. The normalized spacial score (nSPS) is 13.3. The molecule has 0 aromatic carbocycles. The van der Waals surface area contributed by atoms with E-state index in [9.17, 15) is 14.4 Å². The van der Waals surface area contributed by atoms with Crippen molar-refractivity contribution in [3.8, 4) is 0 Å². The Balaban J connectivity index is 4.62. The first-order valence-corrected chi connectivity index (χ1v) is 24.3. The molecule has 6 heteroatoms. The minimum Gasteiger partial charge on any atom is -0.462 e. The van der Waals surface area contributed by atoms with E-state index in [2.05, 4.69) is 99.8 Å². The van der Waals surface area contributed by atoms with Gasteiger partial charge in [-0.1, -0.05) is 199 Å². The van der Waals surface area contributed by atoms with E-state index < -0.39 is 6.10 Å². The summed E-state index contributed by atoms with van der Waals surface area (Å²) in [4.78, 5) is 37.9. The van der Waals surface area contributed by atoms with Crippen LogP contribution in [0.3, 0.4) is 0 Å². The van der Waals surface area contributed by atoms with Gasteiger partial charge in [0.25, 0.3) is 0 Å². The highest BCUT2D eigenvalue weighted by atomic mass is 16.6. The topological polar surface area (TPSA) is 78.9 Å². The first kappa shape index (κ1) is 57.5. The van der Waals surface area contributed by atoms with Gasteiger partial charge >= 0.3 is 17.9 Å². The van der Waals surface area contributed by atoms with E-state index in [-0.39, 0.29) is 44.0 Å². The monoisotopic (exact) mass is 855 g/mol. The second-order valence-electron chi connectivity index (χ2n) is 15.4. The summed E-state index contributed by atoms with van der Waals surface area (Å²) < 4.78 is 16.6. The van der Waals surface area contributed by atoms with Crippen molar-refractivity contribution >= 4 is 17.9 Å². The van der Waals surface area contributed by atoms with E-state index in [4.69, 9.17) is 14.2 Å². The van der Waals surface area contributed by atoms with Gasteiger partial charge in [0, 0.05) is 19.3 Å². The Morgan fingerprint density at radius 3 is 1.27 bits per heavy atom. The second kappa shape index (κ2) is 49.2. The van der Waals surface area contributed by atoms with Crippen LogP contribution >= 0.6 is 0 Å². The lowest BCUT2D eigenvalue weighted by atomic mass is 10.1. The molecule has 346 valence electrons. The van der Waals surface area contributed by atoms with Gasteiger partial charge in [0.1, 0.15) is 13.2 Å². The minimum atomic E-state index is -0.840. The Hall–Kier alpha value is -4.45. The predicted octanol–water partition coefficient (Wildman–Crippen LogP) is 15.9. The van der Waals surface area contributed by atoms with Crippen LogP contribution in [0.1, 0.15) is 181 Å². The highest BCUT2D eigenvalue weighted by molar-refractivity contribution is 5.71. The molecule has 0 radical (unpaired) electrons. The average Bonchev–Trinajstić information content (AvgIpc) is 3.27. The number of hydrogen-bond donors (Lipinski definition) is 0. The van der Waals surface area contributed by atoms with Crippen molar-refractivity contribution < 1.29 is 28.6 Å². The van der Waals surface area contributed by atoms with E-state index in [1.165, 1.54) is 38.5 Å². The van der Waals surface area contributed by atoms with E-state index >= 15 is 0 Å². The van der Waals surface area contributed by atoms with Crippen LogP contribution in [0.15, 0.2) is 134 Å². The predicted molar refractivity (Wildman–Crippen MR) is 265 cm³/mol. The molecule has 0 aromatic rings. The third-order valence-electron chi connectivity index (χ3n) is 9.51. The summed E-state index contributed by atoms with van der Waals surface area (Å²) in [6.45, 7) is 6.22. The van der Waals surface area contributed by atoms with Crippen molar-refractivity contribution in [1.82, 2.24) is 0 Å². The molecule has 0 aliphatic heterocycles. The van der Waals surface area contributed by atoms with Crippen LogP contribution in [0.5, 0.6) is 0 Å². The average molecular weight is 855 g/mol. The number of unbranched alkanes of at least 4 members (excludes halogenated alkanes) is 12. The van der Waals surface area contributed by atoms with E-state index in [1.54, 1.807) is 0 Å². The van der Waals surface area contributed by atoms with Crippen LogP contribution in [0.4, 0.5) is 0 Å². The molecule has 0 heterocycles. The molecule has 0 rings (SSSR count). The lowest BCUT2D eigenvalue weighted by Crippen LogP contribution is -2.30. The van der Waals surface area contributed by atoms with Crippen molar-refractivity contribution in [2.75, 3.05) is 13.2 Å². The van der Waals surface area contributed by atoms with Gasteiger partial charge in [0.15, 0.2) is 6.10 Å². The summed E-state index contributed by atoms with van der Waals surface area (Å²) in [6, 6.07) is 0. The number of rotatable bonds is 41. The van der Waals surface area contributed by atoms with Crippen LogP contribution in [0, 0.1) is 0 Å². The molecule has 0 aliphatic carbocycles. The first-order chi connectivity index (χ1) is 30.5. The van der Waals surface area contributed by atoms with Gasteiger partial charge in [-0.05, 0) is 96.3 Å². The third kappa shape index (κ3) is 46.6. The van der Waals surface area contributed by atoms with Crippen molar-refractivity contribution in [3.63, 3.8) is 0 Å². The van der Waals surface area contributed by atoms with Gasteiger partial charge in [-0.3, -0.25) is 14.4 Å². The Morgan fingerprint density at radius 1 is 0.355 bits per heavy atom. The van der Waals surface area contributed by atoms with E-state index in [0.717, 1.165) is 89.9 Å². The fourth-order valence-electron chi connectivity index (χ4n) is 5.92. The summed E-state index contributed by atoms with van der Waals surface area (Å²) in [5.74, 6) is -1.09. The highest BCUT2D eigenvalue weighted by Gasteiger charge is 2.19. The Labute approximate surface area is 379 Å². The molecule has 62 heavy (non-hydrogen) atoms. The second-order valence-corrected chi connectivity index (χ2v) is 15.4. The number of allylic oxidation sites excluding steroid dienone is 22. The van der Waals surface area contributed by atoms with Crippen LogP contribution < -0.4 is 0 Å². The van der Waals surface area contributed by atoms with Gasteiger partial charge in [-0.15, -0.1) is 0 Å². The summed E-state index contributed by atoms with van der Waals surface area (Å²) in [7, 11) is 0. The van der Waals surface area contributed by atoms with Gasteiger partial charge in [0.05, 0.1) is 0 Å². The fraction of sp³-hybridized carbons (Fsp3) is 0.554. The smallest absolute Gasteiger partial charge is 0.306 e. The van der Waals surface area contributed by atoms with Crippen LogP contribution in [-0.4, -0.2) is 37.2 Å². The molecule has 0 N–H and O–H groups in total. The summed E-state index contributed by atoms with van der Waals surface area (Å²) in [5, 5.41) is 0. The van der Waals surface area contributed by atoms with Crippen LogP contribution in [0.25, 0.3) is 0 Å². The molecule has 0 saturated carbocycles. The van der Waals surface area contributed by atoms with Gasteiger partial charge in [-0.2, -0.15) is 0 Å². The Morgan fingerprint density at radius 2 is 0.742 bits per heavy atom. The molecular formula is C56H86O6. The largest absolute Gasteiger partial charge is 0.462 e. The highest BCUT2D eigenvalue weighted by Crippen LogP contribution is 2.11. The van der Waals surface area contributed by atoms with Crippen molar-refractivity contribution in [1.29, 1.82) is 0 Å². The minimum absolute atomic E-state index is 0.134. The van der Waals surface area contributed by atoms with Crippen LogP contribution in [-0.2, 0) is 28.6 Å². The van der Waals surface area contributed by atoms with Crippen LogP contribution in [0.2, 0.25) is 0 Å². The quantitative estimate of drug-likeness (QED) is 0.0200. The van der Waals surface area contributed by atoms with E-state index in [0.29, 0.717) is 19.3 Å². The maximum Gasteiger partial charge on any atom is 0.306 e. The SMILES string of the molecule is CC\C=C/C=C\C=C/C=C\C=C/CCCCCC(=O)OC(COC(=O)CC/C=C\C/C=C\CCCCCCCC)COC(=O)CCCCC/C=C\C/C=C\C/C=C\C/C=C\CC. The molecule has 1 unspecified atom stereocenters. The van der Waals surface area contributed by atoms with Gasteiger partial charge in [-0.25, -0.2) is 0 Å². The molecule has 0 fully saturated rings. The molecular weight excluding hydrogens is 769 g/mol. The number of carbonyl (C=O) groups is 3. The first-order valence-electron chi connectivity index (χ1n) is 24.3. The van der Waals surface area contributed by atoms with E-state index in [1.807, 2.05) is 54.7 Å². The third-order valence-corrected chi connectivity index (χ3v) is 9.51. The summed E-state index contributed by atoms with van der Waals surface area (Å²) in [6.07, 6.45) is 68.7. The Kier molecular flexibility index (Phi) is 45.7. The molecule has 0 saturated heterocycles. The standard InChI is InChI=1S/C56H86O6/c1-4-7-10-13-16-19-22-25-27-29-31-34-37-40-43-46-49-55(58)61-52-53(51-60-54(57)48-45-42-39-36-33-30-24-21-18-15-12-9-6-3)62-56(59)50-47-44-41-38-35-32-28-26-23-20-17-14-11-8-5-2/h7-8,10-11,14,16-17,19-20,23,25-28,30-35,39,42,53H,4-6,9,12-13,15,18,21-22,24,29,36-38,40-41,43-52H2,1-3H3/b10-7-,11-8-,17-14-,19-16-,23-20-,27-25-,28-26-,33-30-,34-31-,35-32-,42-39-. The zero-order valence-electron chi connectivity index (χ0n) is 39.3. The maximum absolute atomic E-state index is 12.8. The van der Waals surface area contributed by atoms with Crippen molar-refractivity contribution in [3.05, 3.63) is 134 Å². The zero-order chi connectivity index (χ0) is 45.1. The molecule has 0 amide bonds. The molecule has 0 bridgehead atoms. The number of ether oxygens (including phenoxy) is 3. The van der Waals surface area contributed by atoms with Gasteiger partial charge in [0.2, 0.25) is 0 Å². The summed E-state index contributed by atoms with van der Waals surface area (Å²) >= 11 is 0. The van der Waals surface area contributed by atoms with Crippen molar-refractivity contribution in [2.45, 2.75) is 187 Å². The number of carbonyl (C=O) groups excluding carboxylic acids is 3. The molecule has 0 spiro atoms. The molecule has 6 nitrogen and oxygen atoms in total.